The van der Waals surface area contributed by atoms with E-state index in [0.29, 0.717) is 30.3 Å². The van der Waals surface area contributed by atoms with E-state index in [2.05, 4.69) is 10.3 Å². The molecule has 3 rings (SSSR count). The molecule has 0 spiro atoms. The summed E-state index contributed by atoms with van der Waals surface area (Å²) >= 11 is 0. The molecule has 1 aliphatic rings. The van der Waals surface area contributed by atoms with Crippen LogP contribution in [0, 0.1) is 17.3 Å². The number of carbonyl (C=O) groups excluding carboxylic acids is 2. The van der Waals surface area contributed by atoms with E-state index in [1.807, 2.05) is 38.1 Å². The Hall–Kier alpha value is -2.50. The zero-order chi connectivity index (χ0) is 18.0. The highest BCUT2D eigenvalue weighted by molar-refractivity contribution is 5.90. The van der Waals surface area contributed by atoms with Gasteiger partial charge in [-0.05, 0) is 49.5 Å². The molecule has 132 valence electrons. The molecule has 2 aromatic rings. The summed E-state index contributed by atoms with van der Waals surface area (Å²) in [6.07, 6.45) is 5.70. The Morgan fingerprint density at radius 2 is 1.92 bits per heavy atom. The van der Waals surface area contributed by atoms with Crippen LogP contribution in [-0.2, 0) is 9.59 Å². The predicted octanol–water partition coefficient (Wildman–Crippen LogP) is 2.97. The Morgan fingerprint density at radius 3 is 2.56 bits per heavy atom. The normalized spacial score (nSPS) is 17.1. The maximum atomic E-state index is 13.0. The molecule has 1 aromatic carbocycles. The first-order valence-corrected chi connectivity index (χ1v) is 8.62. The van der Waals surface area contributed by atoms with Crippen LogP contribution in [0.4, 0.5) is 0 Å². The smallest absolute Gasteiger partial charge is 0.317 e. The van der Waals surface area contributed by atoms with Gasteiger partial charge in [-0.2, -0.15) is 0 Å². The summed E-state index contributed by atoms with van der Waals surface area (Å²) < 4.78 is 0. The second-order valence-corrected chi connectivity index (χ2v) is 7.14. The van der Waals surface area contributed by atoms with Crippen LogP contribution in [0.15, 0.2) is 36.4 Å². The molecule has 1 heterocycles. The van der Waals surface area contributed by atoms with Gasteiger partial charge >= 0.3 is 5.97 Å². The fourth-order valence-electron chi connectivity index (χ4n) is 3.57. The second kappa shape index (κ2) is 6.78. The van der Waals surface area contributed by atoms with Gasteiger partial charge in [0, 0.05) is 5.41 Å². The fourth-order valence-corrected chi connectivity index (χ4v) is 3.57. The van der Waals surface area contributed by atoms with Crippen molar-refractivity contribution in [2.24, 2.45) is 17.3 Å². The standard InChI is InChI=1S/C19H23N3O3/c1-13(2)12-15(19(14(3)23)10-6-7-11-19)18(24)25-22-17-9-5-4-8-16(17)20-21-22/h4-9,13,15H,10-12H2,1-3H3/t15-/m0/s1. The van der Waals surface area contributed by atoms with E-state index in [0.717, 1.165) is 4.85 Å². The summed E-state index contributed by atoms with van der Waals surface area (Å²) in [5, 5.41) is 7.91. The Morgan fingerprint density at radius 1 is 1.24 bits per heavy atom. The highest BCUT2D eigenvalue weighted by atomic mass is 16.7. The van der Waals surface area contributed by atoms with Crippen molar-refractivity contribution in [3.8, 4) is 0 Å². The topological polar surface area (TPSA) is 74.1 Å². The lowest BCUT2D eigenvalue weighted by Gasteiger charge is -2.34. The highest BCUT2D eigenvalue weighted by Gasteiger charge is 2.48. The molecule has 0 N–H and O–H groups in total. The van der Waals surface area contributed by atoms with E-state index in [1.165, 1.54) is 0 Å². The van der Waals surface area contributed by atoms with Crippen LogP contribution < -0.4 is 4.84 Å². The Kier molecular flexibility index (Phi) is 4.70. The number of benzene rings is 1. The van der Waals surface area contributed by atoms with Gasteiger partial charge in [-0.15, -0.1) is 5.10 Å². The minimum atomic E-state index is -0.711. The van der Waals surface area contributed by atoms with Gasteiger partial charge in [0.05, 0.1) is 5.92 Å². The van der Waals surface area contributed by atoms with Gasteiger partial charge in [0.1, 0.15) is 16.8 Å². The van der Waals surface area contributed by atoms with Crippen molar-refractivity contribution < 1.29 is 14.4 Å². The van der Waals surface area contributed by atoms with Crippen LogP contribution in [0.1, 0.15) is 40.0 Å². The minimum absolute atomic E-state index is 0.0311. The first-order valence-electron chi connectivity index (χ1n) is 8.62. The van der Waals surface area contributed by atoms with Gasteiger partial charge in [0.15, 0.2) is 0 Å². The van der Waals surface area contributed by atoms with Crippen LogP contribution in [0.3, 0.4) is 0 Å². The summed E-state index contributed by atoms with van der Waals surface area (Å²) in [7, 11) is 0. The number of ketones is 1. The van der Waals surface area contributed by atoms with Crippen LogP contribution in [0.5, 0.6) is 0 Å². The first-order chi connectivity index (χ1) is 11.9. The third-order valence-corrected chi connectivity index (χ3v) is 4.99. The molecule has 0 bridgehead atoms. The number of nitrogens with zero attached hydrogens (tertiary/aromatic N) is 3. The lowest BCUT2D eigenvalue weighted by molar-refractivity contribution is -0.159. The van der Waals surface area contributed by atoms with Gasteiger partial charge < -0.3 is 4.84 Å². The van der Waals surface area contributed by atoms with E-state index in [9.17, 15) is 9.59 Å². The van der Waals surface area contributed by atoms with Gasteiger partial charge in [-0.1, -0.05) is 43.0 Å². The monoisotopic (exact) mass is 341 g/mol. The summed E-state index contributed by atoms with van der Waals surface area (Å²) in [6.45, 7) is 5.65. The SMILES string of the molecule is CC(=O)C1([C@@H](CC(C)C)C(=O)On2nnc3ccccc32)CC=CC1. The maximum absolute atomic E-state index is 13.0. The van der Waals surface area contributed by atoms with Crippen LogP contribution in [0.25, 0.3) is 11.0 Å². The number of rotatable bonds is 6. The van der Waals surface area contributed by atoms with Crippen molar-refractivity contribution in [3.05, 3.63) is 36.4 Å². The lowest BCUT2D eigenvalue weighted by Crippen LogP contribution is -2.44. The molecule has 0 saturated carbocycles. The molecule has 6 heteroatoms. The zero-order valence-corrected chi connectivity index (χ0v) is 14.8. The van der Waals surface area contributed by atoms with Crippen molar-refractivity contribution in [1.29, 1.82) is 0 Å². The van der Waals surface area contributed by atoms with E-state index >= 15 is 0 Å². The molecular formula is C19H23N3O3. The summed E-state index contributed by atoms with van der Waals surface area (Å²) in [4.78, 5) is 32.1. The molecule has 0 amide bonds. The van der Waals surface area contributed by atoms with Gasteiger partial charge in [0.2, 0.25) is 0 Å². The first kappa shape index (κ1) is 17.3. The number of hydrogen-bond acceptors (Lipinski definition) is 5. The van der Waals surface area contributed by atoms with Crippen LogP contribution in [0.2, 0.25) is 0 Å². The Balaban J connectivity index is 1.90. The van der Waals surface area contributed by atoms with Crippen molar-refractivity contribution >= 4 is 22.8 Å². The van der Waals surface area contributed by atoms with Crippen molar-refractivity contribution in [1.82, 2.24) is 15.2 Å². The third kappa shape index (κ3) is 3.21. The zero-order valence-electron chi connectivity index (χ0n) is 14.8. The second-order valence-electron chi connectivity index (χ2n) is 7.14. The van der Waals surface area contributed by atoms with E-state index in [-0.39, 0.29) is 11.7 Å². The van der Waals surface area contributed by atoms with Crippen LogP contribution in [-0.4, -0.2) is 26.9 Å². The molecule has 25 heavy (non-hydrogen) atoms. The number of fused-ring (bicyclic) bond motifs is 1. The number of para-hydroxylation sites is 1. The minimum Gasteiger partial charge on any atom is -0.317 e. The summed E-state index contributed by atoms with van der Waals surface area (Å²) in [5.41, 5.74) is 0.567. The van der Waals surface area contributed by atoms with Gasteiger partial charge in [0.25, 0.3) is 0 Å². The number of Topliss-reactive ketones (excluding diaryl/α,β-unsaturated/α-hetero) is 1. The van der Waals surface area contributed by atoms with Crippen molar-refractivity contribution in [2.75, 3.05) is 0 Å². The van der Waals surface area contributed by atoms with Gasteiger partial charge in [-0.25, -0.2) is 4.79 Å². The molecule has 6 nitrogen and oxygen atoms in total. The molecule has 0 saturated heterocycles. The van der Waals surface area contributed by atoms with E-state index in [1.54, 1.807) is 19.1 Å². The van der Waals surface area contributed by atoms with Gasteiger partial charge in [-0.3, -0.25) is 4.79 Å². The average Bonchev–Trinajstić information content (AvgIpc) is 3.21. The third-order valence-electron chi connectivity index (χ3n) is 4.99. The average molecular weight is 341 g/mol. The molecule has 0 aliphatic heterocycles. The molecule has 1 atom stereocenters. The largest absolute Gasteiger partial charge is 0.339 e. The molecule has 1 aromatic heterocycles. The molecule has 0 radical (unpaired) electrons. The number of aromatic nitrogens is 3. The Bertz CT molecular complexity index is 814. The predicted molar refractivity (Wildman–Crippen MR) is 93.5 cm³/mol. The summed E-state index contributed by atoms with van der Waals surface area (Å²) in [5.74, 6) is -0.642. The lowest BCUT2D eigenvalue weighted by atomic mass is 9.68. The number of allylic oxidation sites excluding steroid dienone is 2. The summed E-state index contributed by atoms with van der Waals surface area (Å²) in [6, 6.07) is 7.27. The van der Waals surface area contributed by atoms with Crippen LogP contribution >= 0.6 is 0 Å². The van der Waals surface area contributed by atoms with Crippen molar-refractivity contribution in [2.45, 2.75) is 40.0 Å². The Labute approximate surface area is 146 Å². The fraction of sp³-hybridized carbons (Fsp3) is 0.474. The number of carbonyl (C=O) groups is 2. The van der Waals surface area contributed by atoms with Crippen molar-refractivity contribution in [3.63, 3.8) is 0 Å². The van der Waals surface area contributed by atoms with E-state index < -0.39 is 17.3 Å². The quantitative estimate of drug-likeness (QED) is 0.596. The molecule has 0 unspecified atom stereocenters. The molecule has 0 fully saturated rings. The molecular weight excluding hydrogens is 318 g/mol. The maximum Gasteiger partial charge on any atom is 0.339 e. The highest BCUT2D eigenvalue weighted by Crippen LogP contribution is 2.44. The molecule has 1 aliphatic carbocycles. The van der Waals surface area contributed by atoms with E-state index in [4.69, 9.17) is 4.84 Å². The number of hydrogen-bond donors (Lipinski definition) is 0.